The van der Waals surface area contributed by atoms with Gasteiger partial charge in [0.1, 0.15) is 11.9 Å². The summed E-state index contributed by atoms with van der Waals surface area (Å²) in [6, 6.07) is 4.26. The Morgan fingerprint density at radius 3 is 3.08 bits per heavy atom. The molecule has 1 aromatic carbocycles. The van der Waals surface area contributed by atoms with E-state index in [4.69, 9.17) is 9.47 Å². The molecule has 2 aromatic rings. The average molecular weight is 349 g/mol. The van der Waals surface area contributed by atoms with Crippen molar-refractivity contribution >= 4 is 11.6 Å². The molecule has 3 rings (SSSR count). The number of anilines is 1. The summed E-state index contributed by atoms with van der Waals surface area (Å²) in [7, 11) is 0. The number of aryl methyl sites for hydroxylation is 1. The molecule has 0 aliphatic carbocycles. The number of carbonyl (C=O) groups is 1. The second-order valence-electron chi connectivity index (χ2n) is 5.90. The number of aromatic nitrogens is 4. The summed E-state index contributed by atoms with van der Waals surface area (Å²) in [5.41, 5.74) is 0.595. The van der Waals surface area contributed by atoms with Crippen LogP contribution >= 0.6 is 0 Å². The molecular weight excluding hydrogens is 329 g/mol. The first-order valence-corrected chi connectivity index (χ1v) is 8.13. The molecule has 2 heterocycles. The first kappa shape index (κ1) is 17.4. The highest BCUT2D eigenvalue weighted by molar-refractivity contribution is 5.94. The minimum Gasteiger partial charge on any atom is -0.376 e. The van der Waals surface area contributed by atoms with Gasteiger partial charge in [0.05, 0.1) is 24.1 Å². The van der Waals surface area contributed by atoms with Gasteiger partial charge in [-0.1, -0.05) is 0 Å². The van der Waals surface area contributed by atoms with Crippen LogP contribution in [-0.2, 0) is 14.3 Å². The van der Waals surface area contributed by atoms with E-state index in [2.05, 4.69) is 20.8 Å². The van der Waals surface area contributed by atoms with E-state index in [0.29, 0.717) is 18.1 Å². The van der Waals surface area contributed by atoms with Crippen LogP contribution < -0.4 is 5.32 Å². The van der Waals surface area contributed by atoms with E-state index in [1.165, 1.54) is 22.9 Å². The Morgan fingerprint density at radius 1 is 1.56 bits per heavy atom. The van der Waals surface area contributed by atoms with Crippen molar-refractivity contribution in [1.29, 1.82) is 0 Å². The van der Waals surface area contributed by atoms with E-state index >= 15 is 0 Å². The summed E-state index contributed by atoms with van der Waals surface area (Å²) in [5, 5.41) is 13.7. The molecule has 0 spiro atoms. The van der Waals surface area contributed by atoms with Gasteiger partial charge in [-0.15, -0.1) is 5.10 Å². The molecule has 134 valence electrons. The zero-order valence-corrected chi connectivity index (χ0v) is 14.1. The highest BCUT2D eigenvalue weighted by atomic mass is 19.1. The molecule has 1 amide bonds. The summed E-state index contributed by atoms with van der Waals surface area (Å²) in [5.74, 6) is -0.422. The molecule has 0 radical (unpaired) electrons. The summed E-state index contributed by atoms with van der Waals surface area (Å²) >= 11 is 0. The number of benzene rings is 1. The second-order valence-corrected chi connectivity index (χ2v) is 5.90. The molecule has 1 saturated heterocycles. The minimum absolute atomic E-state index is 0.0260. The monoisotopic (exact) mass is 349 g/mol. The topological polar surface area (TPSA) is 91.2 Å². The normalized spacial score (nSPS) is 18.3. The van der Waals surface area contributed by atoms with Gasteiger partial charge < -0.3 is 14.8 Å². The lowest BCUT2D eigenvalue weighted by atomic mass is 10.2. The van der Waals surface area contributed by atoms with Gasteiger partial charge in [-0.05, 0) is 55.3 Å². The first-order valence-electron chi connectivity index (χ1n) is 8.13. The molecule has 1 aliphatic rings. The maximum atomic E-state index is 14.0. The fourth-order valence-electron chi connectivity index (χ4n) is 2.55. The quantitative estimate of drug-likeness (QED) is 0.852. The largest absolute Gasteiger partial charge is 0.376 e. The van der Waals surface area contributed by atoms with Gasteiger partial charge in [0.15, 0.2) is 5.82 Å². The number of tetrazole rings is 1. The van der Waals surface area contributed by atoms with Crippen LogP contribution in [0.15, 0.2) is 18.2 Å². The van der Waals surface area contributed by atoms with Gasteiger partial charge >= 0.3 is 0 Å². The zero-order valence-electron chi connectivity index (χ0n) is 14.1. The molecule has 8 nitrogen and oxygen atoms in total. The van der Waals surface area contributed by atoms with Gasteiger partial charge in [-0.25, -0.2) is 4.39 Å². The molecule has 2 atom stereocenters. The molecule has 0 bridgehead atoms. The van der Waals surface area contributed by atoms with Crippen molar-refractivity contribution in [3.63, 3.8) is 0 Å². The summed E-state index contributed by atoms with van der Waals surface area (Å²) in [4.78, 5) is 12.2. The van der Waals surface area contributed by atoms with Crippen LogP contribution in [0.3, 0.4) is 0 Å². The summed E-state index contributed by atoms with van der Waals surface area (Å²) in [6.07, 6.45) is 1.24. The van der Waals surface area contributed by atoms with Crippen LogP contribution in [0.1, 0.15) is 25.6 Å². The van der Waals surface area contributed by atoms with Crippen molar-refractivity contribution < 1.29 is 18.7 Å². The average Bonchev–Trinajstić information content (AvgIpc) is 3.26. The molecule has 0 saturated carbocycles. The predicted molar refractivity (Wildman–Crippen MR) is 86.9 cm³/mol. The highest BCUT2D eigenvalue weighted by Gasteiger charge is 2.21. The number of nitrogens with zero attached hydrogens (tertiary/aromatic N) is 4. The van der Waals surface area contributed by atoms with E-state index in [9.17, 15) is 9.18 Å². The lowest BCUT2D eigenvalue weighted by molar-refractivity contribution is -0.128. The fraction of sp³-hybridized carbons (Fsp3) is 0.500. The Morgan fingerprint density at radius 2 is 2.40 bits per heavy atom. The molecule has 1 aliphatic heterocycles. The molecule has 1 aromatic heterocycles. The van der Waals surface area contributed by atoms with Crippen molar-refractivity contribution in [3.8, 4) is 5.69 Å². The third-order valence-electron chi connectivity index (χ3n) is 4.00. The van der Waals surface area contributed by atoms with E-state index in [0.717, 1.165) is 19.4 Å². The van der Waals surface area contributed by atoms with Gasteiger partial charge in [0, 0.05) is 6.61 Å². The van der Waals surface area contributed by atoms with Crippen molar-refractivity contribution in [2.24, 2.45) is 0 Å². The Bertz CT molecular complexity index is 745. The number of nitrogens with one attached hydrogen (secondary N) is 1. The van der Waals surface area contributed by atoms with Crippen molar-refractivity contribution in [3.05, 3.63) is 29.8 Å². The third kappa shape index (κ3) is 4.18. The molecule has 1 N–H and O–H groups in total. The zero-order chi connectivity index (χ0) is 17.8. The second kappa shape index (κ2) is 7.66. The van der Waals surface area contributed by atoms with Crippen molar-refractivity contribution in [2.75, 3.05) is 18.5 Å². The van der Waals surface area contributed by atoms with Gasteiger partial charge in [0.25, 0.3) is 5.91 Å². The van der Waals surface area contributed by atoms with Crippen molar-refractivity contribution in [2.45, 2.75) is 38.9 Å². The van der Waals surface area contributed by atoms with Crippen molar-refractivity contribution in [1.82, 2.24) is 20.2 Å². The SMILES string of the molecule is Cc1nnnn1-c1ccc(F)c(NC(=O)[C@@H](C)OC[C@H]2CCCO2)c1. The lowest BCUT2D eigenvalue weighted by Gasteiger charge is -2.16. The predicted octanol–water partition coefficient (Wildman–Crippen LogP) is 1.63. The minimum atomic E-state index is -0.720. The fourth-order valence-corrected chi connectivity index (χ4v) is 2.55. The Balaban J connectivity index is 1.64. The Kier molecular flexibility index (Phi) is 5.34. The molecule has 0 unspecified atom stereocenters. The van der Waals surface area contributed by atoms with Gasteiger partial charge in [-0.2, -0.15) is 4.68 Å². The van der Waals surface area contributed by atoms with Crippen LogP contribution in [0.2, 0.25) is 0 Å². The Labute approximate surface area is 144 Å². The van der Waals surface area contributed by atoms with E-state index in [1.807, 2.05) is 0 Å². The highest BCUT2D eigenvalue weighted by Crippen LogP contribution is 2.20. The Hall–Kier alpha value is -2.39. The summed E-state index contributed by atoms with van der Waals surface area (Å²) < 4.78 is 26.5. The van der Waals surface area contributed by atoms with Gasteiger partial charge in [-0.3, -0.25) is 4.79 Å². The van der Waals surface area contributed by atoms with Crippen LogP contribution in [0.25, 0.3) is 5.69 Å². The first-order chi connectivity index (χ1) is 12.0. The molecule has 9 heteroatoms. The van der Waals surface area contributed by atoms with E-state index in [1.54, 1.807) is 13.8 Å². The number of ether oxygens (including phenoxy) is 2. The smallest absolute Gasteiger partial charge is 0.253 e. The third-order valence-corrected chi connectivity index (χ3v) is 4.00. The van der Waals surface area contributed by atoms with Crippen LogP contribution in [-0.4, -0.2) is 51.5 Å². The molecule has 25 heavy (non-hydrogen) atoms. The molecule has 1 fully saturated rings. The van der Waals surface area contributed by atoms with Crippen LogP contribution in [0.4, 0.5) is 10.1 Å². The van der Waals surface area contributed by atoms with Crippen LogP contribution in [0.5, 0.6) is 0 Å². The maximum Gasteiger partial charge on any atom is 0.253 e. The maximum absolute atomic E-state index is 14.0. The molecular formula is C16H20FN5O3. The summed E-state index contributed by atoms with van der Waals surface area (Å²) in [6.45, 7) is 4.42. The number of halogens is 1. The number of hydrogen-bond donors (Lipinski definition) is 1. The number of hydrogen-bond acceptors (Lipinski definition) is 6. The lowest BCUT2D eigenvalue weighted by Crippen LogP contribution is -2.30. The van der Waals surface area contributed by atoms with E-state index < -0.39 is 17.8 Å². The van der Waals surface area contributed by atoms with Crippen LogP contribution in [0, 0.1) is 12.7 Å². The number of rotatable bonds is 6. The standard InChI is InChI=1S/C16H20FN5O3/c1-10(25-9-13-4-3-7-24-13)16(23)18-15-8-12(5-6-14(15)17)22-11(2)19-20-21-22/h5-6,8,10,13H,3-4,7,9H2,1-2H3,(H,18,23)/t10-,13-/m1/s1. The van der Waals surface area contributed by atoms with Gasteiger partial charge in [0.2, 0.25) is 0 Å². The number of amides is 1. The van der Waals surface area contributed by atoms with E-state index in [-0.39, 0.29) is 11.8 Å². The number of carbonyl (C=O) groups excluding carboxylic acids is 1.